The number of hydrogen-bond donors (Lipinski definition) is 1. The number of halogens is 1. The lowest BCUT2D eigenvalue weighted by Crippen LogP contribution is -2.51. The smallest absolute Gasteiger partial charge is 0.282 e. The molecule has 2 aliphatic heterocycles. The minimum absolute atomic E-state index is 0.113. The average molecular weight is 499 g/mol. The number of aromatic nitrogens is 1. The van der Waals surface area contributed by atoms with Crippen LogP contribution in [0.25, 0.3) is 0 Å². The van der Waals surface area contributed by atoms with E-state index in [1.807, 2.05) is 0 Å². The van der Waals surface area contributed by atoms with Gasteiger partial charge < -0.3 is 10.5 Å². The average Bonchev–Trinajstić information content (AvgIpc) is 3.24. The summed E-state index contributed by atoms with van der Waals surface area (Å²) in [5.41, 5.74) is 7.02. The Labute approximate surface area is 193 Å². The monoisotopic (exact) mass is 498 g/mol. The molecule has 2 fully saturated rings. The molecule has 0 saturated carbocycles. The van der Waals surface area contributed by atoms with E-state index < -0.39 is 31.8 Å². The van der Waals surface area contributed by atoms with Crippen molar-refractivity contribution in [3.05, 3.63) is 59.5 Å². The molecular formula is C21H27FN4O5S2. The van der Waals surface area contributed by atoms with E-state index in [2.05, 4.69) is 4.98 Å². The second kappa shape index (κ2) is 9.72. The maximum Gasteiger partial charge on any atom is 0.282 e. The van der Waals surface area contributed by atoms with E-state index in [0.29, 0.717) is 12.0 Å². The van der Waals surface area contributed by atoms with Gasteiger partial charge in [0.15, 0.2) is 14.9 Å². The Morgan fingerprint density at radius 2 is 1.79 bits per heavy atom. The van der Waals surface area contributed by atoms with Crippen molar-refractivity contribution >= 4 is 20.0 Å². The lowest BCUT2D eigenvalue weighted by molar-refractivity contribution is 0.0700. The molecule has 1 aromatic carbocycles. The third-order valence-corrected chi connectivity index (χ3v) is 9.81. The van der Waals surface area contributed by atoms with Crippen LogP contribution in [0.1, 0.15) is 23.5 Å². The highest BCUT2D eigenvalue weighted by atomic mass is 32.2. The van der Waals surface area contributed by atoms with Crippen molar-refractivity contribution in [2.45, 2.75) is 30.0 Å². The topological polar surface area (TPSA) is 123 Å². The molecule has 0 spiro atoms. The van der Waals surface area contributed by atoms with E-state index in [-0.39, 0.29) is 56.2 Å². The minimum Gasteiger partial charge on any atom is -0.379 e. The highest BCUT2D eigenvalue weighted by Crippen LogP contribution is 2.36. The van der Waals surface area contributed by atoms with Crippen molar-refractivity contribution in [1.82, 2.24) is 13.6 Å². The third kappa shape index (κ3) is 5.26. The Hall–Kier alpha value is -1.96. The molecule has 33 heavy (non-hydrogen) atoms. The molecule has 9 nitrogen and oxygen atoms in total. The fourth-order valence-corrected chi connectivity index (χ4v) is 7.76. The van der Waals surface area contributed by atoms with Crippen molar-refractivity contribution in [2.24, 2.45) is 5.73 Å². The van der Waals surface area contributed by atoms with Gasteiger partial charge in [-0.2, -0.15) is 17.0 Å². The lowest BCUT2D eigenvalue weighted by atomic mass is 9.97. The van der Waals surface area contributed by atoms with Gasteiger partial charge in [0.25, 0.3) is 10.2 Å². The molecule has 1 aromatic heterocycles. The van der Waals surface area contributed by atoms with Crippen LogP contribution in [0.3, 0.4) is 0 Å². The predicted octanol–water partition coefficient (Wildman–Crippen LogP) is 0.888. The number of ether oxygens (including phenoxy) is 1. The van der Waals surface area contributed by atoms with Crippen LogP contribution in [0.5, 0.6) is 0 Å². The van der Waals surface area contributed by atoms with Gasteiger partial charge in [-0.25, -0.2) is 17.8 Å². The quantitative estimate of drug-likeness (QED) is 0.601. The van der Waals surface area contributed by atoms with E-state index in [0.717, 1.165) is 5.56 Å². The number of sulfone groups is 1. The molecule has 2 aliphatic rings. The second-order valence-electron chi connectivity index (χ2n) is 8.21. The summed E-state index contributed by atoms with van der Waals surface area (Å²) in [7, 11) is -7.81. The first-order valence-electron chi connectivity index (χ1n) is 10.7. The van der Waals surface area contributed by atoms with Gasteiger partial charge in [-0.3, -0.25) is 0 Å². The summed E-state index contributed by atoms with van der Waals surface area (Å²) in [5.74, 6) is -1.06. The van der Waals surface area contributed by atoms with E-state index >= 15 is 0 Å². The number of nitrogens with zero attached hydrogens (tertiary/aromatic N) is 3. The Kier molecular flexibility index (Phi) is 7.12. The Morgan fingerprint density at radius 1 is 1.09 bits per heavy atom. The number of pyridine rings is 1. The summed E-state index contributed by atoms with van der Waals surface area (Å²) >= 11 is 0. The molecule has 2 saturated heterocycles. The van der Waals surface area contributed by atoms with Gasteiger partial charge in [-0.05, 0) is 47.7 Å². The normalized spacial score (nSPS) is 23.1. The first-order valence-corrected chi connectivity index (χ1v) is 13.7. The largest absolute Gasteiger partial charge is 0.379 e. The standard InChI is InChI=1S/C21H27FN4O5S2/c22-19-3-1-17(2-4-19)18-12-20(15-32(27,28)21-11-16(13-23)5-6-24-21)26(14-18)33(29,30)25-7-9-31-10-8-25/h1-6,11,18,20H,7-10,12-15,23H2. The molecule has 2 unspecified atom stereocenters. The fourth-order valence-electron chi connectivity index (χ4n) is 4.31. The maximum atomic E-state index is 13.5. The summed E-state index contributed by atoms with van der Waals surface area (Å²) in [6, 6.07) is 8.13. The zero-order valence-electron chi connectivity index (χ0n) is 18.0. The highest BCUT2D eigenvalue weighted by Gasteiger charge is 2.45. The number of morpholine rings is 1. The zero-order chi connectivity index (χ0) is 23.6. The van der Waals surface area contributed by atoms with Gasteiger partial charge in [0.05, 0.1) is 19.0 Å². The highest BCUT2D eigenvalue weighted by molar-refractivity contribution is 7.91. The van der Waals surface area contributed by atoms with E-state index in [1.165, 1.54) is 33.0 Å². The van der Waals surface area contributed by atoms with Gasteiger partial charge in [0, 0.05) is 38.4 Å². The summed E-state index contributed by atoms with van der Waals surface area (Å²) in [5, 5.41) is -0.126. The Morgan fingerprint density at radius 3 is 2.45 bits per heavy atom. The lowest BCUT2D eigenvalue weighted by Gasteiger charge is -2.32. The number of rotatable bonds is 7. The molecule has 0 aliphatic carbocycles. The summed E-state index contributed by atoms with van der Waals surface area (Å²) < 4.78 is 74.6. The van der Waals surface area contributed by atoms with Crippen molar-refractivity contribution < 1.29 is 26.0 Å². The van der Waals surface area contributed by atoms with Crippen LogP contribution < -0.4 is 5.73 Å². The minimum atomic E-state index is -3.92. The van der Waals surface area contributed by atoms with E-state index in [9.17, 15) is 21.2 Å². The molecule has 0 bridgehead atoms. The molecule has 3 heterocycles. The predicted molar refractivity (Wildman–Crippen MR) is 120 cm³/mol. The van der Waals surface area contributed by atoms with Gasteiger partial charge in [0.2, 0.25) is 0 Å². The van der Waals surface area contributed by atoms with Crippen LogP contribution in [0.2, 0.25) is 0 Å². The first kappa shape index (κ1) is 24.2. The van der Waals surface area contributed by atoms with Crippen molar-refractivity contribution in [2.75, 3.05) is 38.6 Å². The van der Waals surface area contributed by atoms with Gasteiger partial charge in [0.1, 0.15) is 5.82 Å². The van der Waals surface area contributed by atoms with Gasteiger partial charge in [-0.15, -0.1) is 0 Å². The molecule has 0 radical (unpaired) electrons. The summed E-state index contributed by atoms with van der Waals surface area (Å²) in [4.78, 5) is 3.98. The van der Waals surface area contributed by atoms with Crippen LogP contribution in [-0.2, 0) is 31.3 Å². The SMILES string of the molecule is NCc1ccnc(S(=O)(=O)CC2CC(c3ccc(F)cc3)CN2S(=O)(=O)N2CCOCC2)c1. The molecule has 2 N–H and O–H groups in total. The third-order valence-electron chi connectivity index (χ3n) is 6.06. The van der Waals surface area contributed by atoms with Crippen molar-refractivity contribution in [3.8, 4) is 0 Å². The number of benzene rings is 1. The molecule has 4 rings (SSSR count). The van der Waals surface area contributed by atoms with Crippen LogP contribution in [0.15, 0.2) is 47.6 Å². The summed E-state index contributed by atoms with van der Waals surface area (Å²) in [6.07, 6.45) is 1.68. The Bertz CT molecular complexity index is 1190. The molecule has 2 aromatic rings. The molecule has 12 heteroatoms. The fraction of sp³-hybridized carbons (Fsp3) is 0.476. The molecular weight excluding hydrogens is 471 g/mol. The second-order valence-corrected chi connectivity index (χ2v) is 12.1. The van der Waals surface area contributed by atoms with Crippen LogP contribution in [0, 0.1) is 5.82 Å². The molecule has 180 valence electrons. The molecule has 0 amide bonds. The first-order chi connectivity index (χ1) is 15.7. The van der Waals surface area contributed by atoms with E-state index in [4.69, 9.17) is 10.5 Å². The van der Waals surface area contributed by atoms with Crippen LogP contribution in [-0.4, -0.2) is 75.1 Å². The number of nitrogens with two attached hydrogens (primary N) is 1. The van der Waals surface area contributed by atoms with Crippen LogP contribution in [0.4, 0.5) is 4.39 Å². The van der Waals surface area contributed by atoms with Gasteiger partial charge in [-0.1, -0.05) is 12.1 Å². The Balaban J connectivity index is 1.65. The summed E-state index contributed by atoms with van der Waals surface area (Å²) in [6.45, 7) is 1.26. The maximum absolute atomic E-state index is 13.5. The van der Waals surface area contributed by atoms with Crippen molar-refractivity contribution in [3.63, 3.8) is 0 Å². The van der Waals surface area contributed by atoms with Crippen LogP contribution >= 0.6 is 0 Å². The zero-order valence-corrected chi connectivity index (χ0v) is 19.6. The number of hydrogen-bond acceptors (Lipinski definition) is 7. The van der Waals surface area contributed by atoms with Gasteiger partial charge >= 0.3 is 0 Å². The van der Waals surface area contributed by atoms with E-state index in [1.54, 1.807) is 18.2 Å². The molecule has 2 atom stereocenters. The van der Waals surface area contributed by atoms with Crippen molar-refractivity contribution in [1.29, 1.82) is 0 Å².